The number of Topliss-reactive ketones (excluding diaryl/α,β-unsaturated/α-hetero) is 1. The fourth-order valence-electron chi connectivity index (χ4n) is 2.88. The van der Waals surface area contributed by atoms with Gasteiger partial charge in [-0.2, -0.15) is 0 Å². The van der Waals surface area contributed by atoms with Gasteiger partial charge in [-0.15, -0.1) is 0 Å². The van der Waals surface area contributed by atoms with Crippen molar-refractivity contribution in [2.24, 2.45) is 11.8 Å². The summed E-state index contributed by atoms with van der Waals surface area (Å²) in [6.45, 7) is 2.13. The minimum absolute atomic E-state index is 0. The van der Waals surface area contributed by atoms with Crippen molar-refractivity contribution in [3.8, 4) is 0 Å². The van der Waals surface area contributed by atoms with E-state index in [1.54, 1.807) is 6.92 Å². The molecule has 0 heterocycles. The van der Waals surface area contributed by atoms with Crippen LogP contribution in [0.15, 0.2) is 0 Å². The summed E-state index contributed by atoms with van der Waals surface area (Å²) in [5.41, 5.74) is 0. The quantitative estimate of drug-likeness (QED) is 0.829. The van der Waals surface area contributed by atoms with Crippen LogP contribution in [0.1, 0.15) is 71.1 Å². The lowest BCUT2D eigenvalue weighted by Crippen LogP contribution is -2.13. The number of carbonyl (C=O) groups is 1. The molecule has 2 nitrogen and oxygen atoms in total. The van der Waals surface area contributed by atoms with Crippen molar-refractivity contribution in [2.45, 2.75) is 71.1 Å². The summed E-state index contributed by atoms with van der Waals surface area (Å²) in [5, 5.41) is 8.69. The summed E-state index contributed by atoms with van der Waals surface area (Å²) in [5.74, 6) is 1.46. The number of aliphatic hydroxyl groups excluding tert-OH is 1. The number of aliphatic hydroxyl groups is 1. The molecule has 0 spiro atoms. The van der Waals surface area contributed by atoms with Crippen LogP contribution in [0.2, 0.25) is 0 Å². The molecule has 0 saturated heterocycles. The lowest BCUT2D eigenvalue weighted by atomic mass is 9.87. The van der Waals surface area contributed by atoms with Gasteiger partial charge in [0, 0.05) is 12.5 Å². The molecule has 0 aliphatic heterocycles. The Morgan fingerprint density at radius 2 is 1.32 bits per heavy atom. The molecule has 2 fully saturated rings. The van der Waals surface area contributed by atoms with Crippen molar-refractivity contribution >= 4 is 5.78 Å². The minimum atomic E-state index is 0. The number of carbonyl (C=O) groups excluding carboxylic acids is 1. The second kappa shape index (κ2) is 12.5. The van der Waals surface area contributed by atoms with Crippen molar-refractivity contribution < 1.29 is 19.3 Å². The number of halogens is 2. The van der Waals surface area contributed by atoms with Crippen molar-refractivity contribution in [2.75, 3.05) is 6.61 Å². The molecule has 2 rings (SSSR count). The Morgan fingerprint density at radius 3 is 1.58 bits per heavy atom. The van der Waals surface area contributed by atoms with Crippen molar-refractivity contribution in [3.05, 3.63) is 0 Å². The van der Waals surface area contributed by atoms with E-state index < -0.39 is 0 Å². The summed E-state index contributed by atoms with van der Waals surface area (Å²) in [6, 6.07) is 0. The Labute approximate surface area is 115 Å². The predicted octanol–water partition coefficient (Wildman–Crippen LogP) is 4.02. The van der Waals surface area contributed by atoms with Crippen LogP contribution in [0.4, 0.5) is 9.41 Å². The van der Waals surface area contributed by atoms with Gasteiger partial charge in [0.2, 0.25) is 0 Å². The fourth-order valence-corrected chi connectivity index (χ4v) is 2.88. The third-order valence-electron chi connectivity index (χ3n) is 4.16. The Hall–Kier alpha value is -0.510. The van der Waals surface area contributed by atoms with Crippen LogP contribution in [-0.2, 0) is 4.79 Å². The fraction of sp³-hybridized carbons (Fsp3) is 0.933. The van der Waals surface area contributed by atoms with Gasteiger partial charge < -0.3 is 5.11 Å². The van der Waals surface area contributed by atoms with Gasteiger partial charge in [-0.3, -0.25) is 14.2 Å². The van der Waals surface area contributed by atoms with Gasteiger partial charge in [0.05, 0.1) is 0 Å². The maximum Gasteiger partial charge on any atom is 0.132 e. The highest BCUT2D eigenvalue weighted by atomic mass is 19.0. The van der Waals surface area contributed by atoms with E-state index >= 15 is 0 Å². The molecular formula is C15H30F2O2. The summed E-state index contributed by atoms with van der Waals surface area (Å²) < 4.78 is 0. The lowest BCUT2D eigenvalue weighted by molar-refractivity contribution is -0.121. The van der Waals surface area contributed by atoms with E-state index in [-0.39, 0.29) is 9.41 Å². The first kappa shape index (κ1) is 20.8. The van der Waals surface area contributed by atoms with E-state index in [9.17, 15) is 4.79 Å². The van der Waals surface area contributed by atoms with Crippen LogP contribution in [0.3, 0.4) is 0 Å². The van der Waals surface area contributed by atoms with E-state index in [0.717, 1.165) is 12.8 Å². The zero-order valence-corrected chi connectivity index (χ0v) is 12.1. The summed E-state index contributed by atoms with van der Waals surface area (Å²) in [6.07, 6.45) is 12.8. The molecule has 0 radical (unpaired) electrons. The monoisotopic (exact) mass is 280 g/mol. The van der Waals surface area contributed by atoms with Crippen LogP contribution in [0.25, 0.3) is 0 Å². The minimum Gasteiger partial charge on any atom is -0.396 e. The van der Waals surface area contributed by atoms with E-state index in [1.807, 2.05) is 0 Å². The zero-order chi connectivity index (χ0) is 12.5. The molecule has 116 valence electrons. The Kier molecular flexibility index (Phi) is 13.7. The van der Waals surface area contributed by atoms with Gasteiger partial charge in [0.1, 0.15) is 5.78 Å². The molecule has 2 saturated carbocycles. The molecule has 0 bridgehead atoms. The molecular weight excluding hydrogens is 250 g/mol. The van der Waals surface area contributed by atoms with Gasteiger partial charge in [0.25, 0.3) is 0 Å². The van der Waals surface area contributed by atoms with E-state index in [0.29, 0.717) is 24.2 Å². The van der Waals surface area contributed by atoms with Gasteiger partial charge in [-0.25, -0.2) is 0 Å². The second-order valence-electron chi connectivity index (χ2n) is 5.63. The molecule has 0 atom stereocenters. The lowest BCUT2D eigenvalue weighted by Gasteiger charge is -2.18. The number of hydrogen-bond donors (Lipinski definition) is 1. The normalized spacial score (nSPS) is 20.3. The van der Waals surface area contributed by atoms with E-state index in [4.69, 9.17) is 5.11 Å². The first-order valence-corrected chi connectivity index (χ1v) is 7.35. The standard InChI is InChI=1S/C8H14O.C7H14O.2FH/c1-7(9)8-5-3-2-4-6-8;8-6-7-4-2-1-3-5-7;;/h8H,2-6H2,1H3;7-8H,1-6H2;2*1H. The summed E-state index contributed by atoms with van der Waals surface area (Å²) in [4.78, 5) is 10.8. The van der Waals surface area contributed by atoms with Crippen LogP contribution >= 0.6 is 0 Å². The zero-order valence-electron chi connectivity index (χ0n) is 12.1. The van der Waals surface area contributed by atoms with Crippen LogP contribution in [0.5, 0.6) is 0 Å². The molecule has 19 heavy (non-hydrogen) atoms. The van der Waals surface area contributed by atoms with Gasteiger partial charge >= 0.3 is 0 Å². The highest BCUT2D eigenvalue weighted by Crippen LogP contribution is 2.24. The van der Waals surface area contributed by atoms with Gasteiger partial charge in [-0.05, 0) is 38.5 Å². The molecule has 0 aromatic carbocycles. The largest absolute Gasteiger partial charge is 0.396 e. The second-order valence-corrected chi connectivity index (χ2v) is 5.63. The molecule has 1 N–H and O–H groups in total. The topological polar surface area (TPSA) is 37.3 Å². The highest BCUT2D eigenvalue weighted by molar-refractivity contribution is 5.78. The van der Waals surface area contributed by atoms with E-state index in [1.165, 1.54) is 51.4 Å². The van der Waals surface area contributed by atoms with Crippen molar-refractivity contribution in [1.82, 2.24) is 0 Å². The SMILES string of the molecule is CC(=O)C1CCCCC1.F.F.OCC1CCCCC1. The molecule has 0 aromatic heterocycles. The molecule has 4 heteroatoms. The smallest absolute Gasteiger partial charge is 0.132 e. The third-order valence-corrected chi connectivity index (χ3v) is 4.16. The van der Waals surface area contributed by atoms with Gasteiger partial charge in [-0.1, -0.05) is 38.5 Å². The average molecular weight is 280 g/mol. The van der Waals surface area contributed by atoms with Crippen LogP contribution < -0.4 is 0 Å². The van der Waals surface area contributed by atoms with E-state index in [2.05, 4.69) is 0 Å². The van der Waals surface area contributed by atoms with Crippen LogP contribution in [0, 0.1) is 11.8 Å². The number of ketones is 1. The van der Waals surface area contributed by atoms with Crippen molar-refractivity contribution in [3.63, 3.8) is 0 Å². The Morgan fingerprint density at radius 1 is 0.895 bits per heavy atom. The predicted molar refractivity (Wildman–Crippen MR) is 75.9 cm³/mol. The Bertz CT molecular complexity index is 210. The number of rotatable bonds is 2. The summed E-state index contributed by atoms with van der Waals surface area (Å²) >= 11 is 0. The molecule has 2 aliphatic rings. The molecule has 2 aliphatic carbocycles. The molecule has 0 amide bonds. The van der Waals surface area contributed by atoms with Crippen LogP contribution in [-0.4, -0.2) is 17.5 Å². The van der Waals surface area contributed by atoms with Gasteiger partial charge in [0.15, 0.2) is 0 Å². The average Bonchev–Trinajstić information content (AvgIpc) is 2.41. The third kappa shape index (κ3) is 9.09. The summed E-state index contributed by atoms with van der Waals surface area (Å²) in [7, 11) is 0. The number of hydrogen-bond acceptors (Lipinski definition) is 2. The highest BCUT2D eigenvalue weighted by Gasteiger charge is 2.16. The molecule has 0 aromatic rings. The first-order chi connectivity index (χ1) is 8.24. The van der Waals surface area contributed by atoms with Crippen molar-refractivity contribution in [1.29, 1.82) is 0 Å². The maximum absolute atomic E-state index is 10.8. The first-order valence-electron chi connectivity index (χ1n) is 7.35. The maximum atomic E-state index is 10.8. The molecule has 0 unspecified atom stereocenters. The Balaban J connectivity index is 0.